The number of hydrogen-bond acceptors (Lipinski definition) is 3. The van der Waals surface area contributed by atoms with E-state index >= 15 is 0 Å². The van der Waals surface area contributed by atoms with E-state index in [0.29, 0.717) is 17.1 Å². The van der Waals surface area contributed by atoms with Gasteiger partial charge in [0, 0.05) is 31.9 Å². The van der Waals surface area contributed by atoms with Crippen molar-refractivity contribution in [2.45, 2.75) is 45.8 Å². The van der Waals surface area contributed by atoms with Crippen molar-refractivity contribution in [2.75, 3.05) is 19.8 Å². The molecule has 0 saturated carbocycles. The number of thioether (sulfide) groups is 1. The standard InChI is InChI=1S/C14H26N2O2S/c1-10(2)11(3)19-14(16-12(4)17)15-9-13-5-7-18-8-6-13/h10-11,13H,5-9H2,1-4H3,(H,15,16,17). The molecule has 0 radical (unpaired) electrons. The van der Waals surface area contributed by atoms with Crippen molar-refractivity contribution >= 4 is 22.8 Å². The lowest BCUT2D eigenvalue weighted by molar-refractivity contribution is -0.115. The summed E-state index contributed by atoms with van der Waals surface area (Å²) in [5.41, 5.74) is 0. The number of amidine groups is 1. The summed E-state index contributed by atoms with van der Waals surface area (Å²) in [5, 5.41) is 4.55. The first-order valence-electron chi connectivity index (χ1n) is 7.06. The van der Waals surface area contributed by atoms with Gasteiger partial charge in [-0.05, 0) is 24.7 Å². The molecule has 1 aliphatic heterocycles. The van der Waals surface area contributed by atoms with Crippen LogP contribution in [0, 0.1) is 11.8 Å². The van der Waals surface area contributed by atoms with Crippen molar-refractivity contribution in [3.05, 3.63) is 0 Å². The predicted molar refractivity (Wildman–Crippen MR) is 81.6 cm³/mol. The van der Waals surface area contributed by atoms with Crippen LogP contribution < -0.4 is 5.32 Å². The minimum Gasteiger partial charge on any atom is -0.381 e. The number of aliphatic imine (C=N–C) groups is 1. The zero-order valence-corrected chi connectivity index (χ0v) is 13.3. The van der Waals surface area contributed by atoms with Crippen LogP contribution in [-0.4, -0.2) is 36.1 Å². The zero-order valence-electron chi connectivity index (χ0n) is 12.4. The van der Waals surface area contributed by atoms with Gasteiger partial charge >= 0.3 is 0 Å². The quantitative estimate of drug-likeness (QED) is 0.637. The normalized spacial score (nSPS) is 19.5. The second kappa shape index (κ2) is 8.59. The summed E-state index contributed by atoms with van der Waals surface area (Å²) in [5.74, 6) is 1.05. The number of amides is 1. The third kappa shape index (κ3) is 6.97. The smallest absolute Gasteiger partial charge is 0.244 e. The molecule has 110 valence electrons. The van der Waals surface area contributed by atoms with Gasteiger partial charge in [-0.15, -0.1) is 0 Å². The van der Waals surface area contributed by atoms with Crippen LogP contribution in [0.5, 0.6) is 0 Å². The Balaban J connectivity index is 2.47. The lowest BCUT2D eigenvalue weighted by atomic mass is 10.0. The number of nitrogens with one attached hydrogen (secondary N) is 1. The molecule has 1 saturated heterocycles. The minimum atomic E-state index is -0.141. The van der Waals surface area contributed by atoms with E-state index in [1.165, 1.54) is 6.92 Å². The monoisotopic (exact) mass is 286 g/mol. The molecule has 1 rings (SSSR count). The van der Waals surface area contributed by atoms with Crippen LogP contribution in [0.25, 0.3) is 0 Å². The fourth-order valence-corrected chi connectivity index (χ4v) is 2.72. The summed E-state index contributed by atoms with van der Waals surface area (Å²) in [7, 11) is 0. The Kier molecular flexibility index (Phi) is 7.46. The van der Waals surface area contributed by atoms with Crippen molar-refractivity contribution in [1.82, 2.24) is 5.32 Å². The molecule has 0 aromatic rings. The van der Waals surface area contributed by atoms with Gasteiger partial charge in [0.25, 0.3) is 0 Å². The highest BCUT2D eigenvalue weighted by atomic mass is 32.2. The Morgan fingerprint density at radius 2 is 2.00 bits per heavy atom. The predicted octanol–water partition coefficient (Wildman–Crippen LogP) is 2.68. The van der Waals surface area contributed by atoms with E-state index in [-0.39, 0.29) is 5.91 Å². The van der Waals surface area contributed by atoms with Gasteiger partial charge in [-0.1, -0.05) is 32.5 Å². The van der Waals surface area contributed by atoms with Crippen molar-refractivity contribution in [1.29, 1.82) is 0 Å². The highest BCUT2D eigenvalue weighted by Gasteiger charge is 2.16. The molecule has 0 aliphatic carbocycles. The van der Waals surface area contributed by atoms with Crippen LogP contribution in [0.3, 0.4) is 0 Å². The molecule has 4 nitrogen and oxygen atoms in total. The fourth-order valence-electron chi connectivity index (χ4n) is 1.74. The zero-order chi connectivity index (χ0) is 14.3. The molecule has 0 bridgehead atoms. The van der Waals surface area contributed by atoms with Gasteiger partial charge in [0.1, 0.15) is 0 Å². The van der Waals surface area contributed by atoms with Crippen LogP contribution in [0.2, 0.25) is 0 Å². The van der Waals surface area contributed by atoms with Crippen LogP contribution >= 0.6 is 11.8 Å². The Morgan fingerprint density at radius 1 is 1.37 bits per heavy atom. The first kappa shape index (κ1) is 16.5. The summed E-state index contributed by atoms with van der Waals surface area (Å²) in [6.45, 7) is 10.6. The van der Waals surface area contributed by atoms with Gasteiger partial charge in [-0.25, -0.2) is 0 Å². The summed E-state index contributed by atoms with van der Waals surface area (Å²) in [4.78, 5) is 15.3. The highest BCUT2D eigenvalue weighted by Crippen LogP contribution is 2.20. The van der Waals surface area contributed by atoms with Gasteiger partial charge in [0.15, 0.2) is 5.17 Å². The lowest BCUT2D eigenvalue weighted by Gasteiger charge is -2.24. The first-order valence-corrected chi connectivity index (χ1v) is 7.94. The molecule has 1 atom stereocenters. The third-order valence-electron chi connectivity index (χ3n) is 3.38. The van der Waals surface area contributed by atoms with Crippen LogP contribution in [0.15, 0.2) is 4.99 Å². The fraction of sp³-hybridized carbons (Fsp3) is 0.857. The van der Waals surface area contributed by atoms with E-state index in [4.69, 9.17) is 4.74 Å². The second-order valence-electron chi connectivity index (χ2n) is 5.44. The Labute approximate surface area is 120 Å². The van der Waals surface area contributed by atoms with Crippen molar-refractivity contribution in [3.8, 4) is 0 Å². The molecule has 1 amide bonds. The van der Waals surface area contributed by atoms with Gasteiger partial charge in [-0.3, -0.25) is 4.79 Å². The number of rotatable bonds is 4. The van der Waals surface area contributed by atoms with E-state index in [1.54, 1.807) is 11.8 Å². The van der Waals surface area contributed by atoms with Gasteiger partial charge < -0.3 is 10.1 Å². The molecule has 1 aliphatic rings. The molecule has 0 spiro atoms. The Bertz CT molecular complexity index is 313. The summed E-state index contributed by atoms with van der Waals surface area (Å²) in [6.07, 6.45) is 2.18. The van der Waals surface area contributed by atoms with Gasteiger partial charge in [0.05, 0.1) is 0 Å². The molecule has 1 heterocycles. The summed E-state index contributed by atoms with van der Waals surface area (Å²) in [6, 6.07) is 0. The maximum absolute atomic E-state index is 11.2. The largest absolute Gasteiger partial charge is 0.381 e. The van der Waals surface area contributed by atoms with E-state index in [2.05, 4.69) is 31.1 Å². The van der Waals surface area contributed by atoms with E-state index in [0.717, 1.165) is 37.8 Å². The molecular weight excluding hydrogens is 260 g/mol. The minimum absolute atomic E-state index is 0.141. The maximum atomic E-state index is 11.2. The number of ether oxygens (including phenoxy) is 1. The average molecular weight is 286 g/mol. The van der Waals surface area contributed by atoms with Crippen molar-refractivity contribution < 1.29 is 9.53 Å². The summed E-state index contributed by atoms with van der Waals surface area (Å²) < 4.78 is 5.35. The molecule has 1 unspecified atom stereocenters. The van der Waals surface area contributed by atoms with Gasteiger partial charge in [-0.2, -0.15) is 4.99 Å². The van der Waals surface area contributed by atoms with E-state index in [9.17, 15) is 4.79 Å². The average Bonchev–Trinajstić information content (AvgIpc) is 2.36. The van der Waals surface area contributed by atoms with Crippen LogP contribution in [0.4, 0.5) is 0 Å². The molecule has 1 N–H and O–H groups in total. The SMILES string of the molecule is CC(=O)/N=C(/NCC1CCOCC1)SC(C)C(C)C. The van der Waals surface area contributed by atoms with Crippen molar-refractivity contribution in [3.63, 3.8) is 0 Å². The van der Waals surface area contributed by atoms with E-state index < -0.39 is 0 Å². The maximum Gasteiger partial charge on any atom is 0.244 e. The molecule has 0 aromatic carbocycles. The van der Waals surface area contributed by atoms with Gasteiger partial charge in [0.2, 0.25) is 5.91 Å². The molecule has 19 heavy (non-hydrogen) atoms. The van der Waals surface area contributed by atoms with Crippen molar-refractivity contribution in [2.24, 2.45) is 16.8 Å². The Hall–Kier alpha value is -0.550. The van der Waals surface area contributed by atoms with E-state index in [1.807, 2.05) is 0 Å². The number of nitrogens with zero attached hydrogens (tertiary/aromatic N) is 1. The molecule has 0 aromatic heterocycles. The molecule has 1 fully saturated rings. The number of carbonyl (C=O) groups is 1. The third-order valence-corrected chi connectivity index (χ3v) is 4.75. The molecule has 5 heteroatoms. The number of carbonyl (C=O) groups excluding carboxylic acids is 1. The first-order chi connectivity index (χ1) is 8.99. The topological polar surface area (TPSA) is 50.7 Å². The lowest BCUT2D eigenvalue weighted by Crippen LogP contribution is -2.32. The highest BCUT2D eigenvalue weighted by molar-refractivity contribution is 8.14. The second-order valence-corrected chi connectivity index (χ2v) is 6.81. The summed E-state index contributed by atoms with van der Waals surface area (Å²) >= 11 is 1.66. The molecular formula is C14H26N2O2S. The van der Waals surface area contributed by atoms with Crippen LogP contribution in [-0.2, 0) is 9.53 Å². The number of hydrogen-bond donors (Lipinski definition) is 1. The van der Waals surface area contributed by atoms with Crippen LogP contribution in [0.1, 0.15) is 40.5 Å². The Morgan fingerprint density at radius 3 is 2.53 bits per heavy atom.